The minimum Gasteiger partial charge on any atom is -0.338 e. The van der Waals surface area contributed by atoms with E-state index < -0.39 is 10.3 Å². The van der Waals surface area contributed by atoms with Crippen molar-refractivity contribution in [1.29, 1.82) is 0 Å². The molecule has 0 saturated carbocycles. The Bertz CT molecular complexity index is 620. The number of benzene rings is 1. The van der Waals surface area contributed by atoms with Gasteiger partial charge in [0.25, 0.3) is 5.69 Å². The zero-order valence-electron chi connectivity index (χ0n) is 11.4. The van der Waals surface area contributed by atoms with E-state index in [1.807, 2.05) is 13.8 Å². The number of nitrogens with zero attached hydrogens (tertiary/aromatic N) is 3. The molecule has 1 aromatic heterocycles. The highest BCUT2D eigenvalue weighted by molar-refractivity contribution is 5.67. The van der Waals surface area contributed by atoms with E-state index in [-0.39, 0.29) is 11.5 Å². The molecule has 1 aromatic carbocycles. The molecule has 2 aromatic rings. The molecular weight excluding hydrogens is 260 g/mol. The molecule has 0 aliphatic rings. The lowest BCUT2D eigenvalue weighted by atomic mass is 9.88. The monoisotopic (exact) mass is 276 g/mol. The van der Waals surface area contributed by atoms with Crippen LogP contribution in [0.5, 0.6) is 0 Å². The van der Waals surface area contributed by atoms with E-state index in [0.717, 1.165) is 6.42 Å². The maximum absolute atomic E-state index is 11.0. The van der Waals surface area contributed by atoms with Crippen molar-refractivity contribution >= 4 is 5.69 Å². The number of nitro groups is 1. The molecule has 0 amide bonds. The summed E-state index contributed by atoms with van der Waals surface area (Å²) in [4.78, 5) is 14.8. The number of hydrogen-bond donors (Lipinski definition) is 1. The molecule has 7 nitrogen and oxygen atoms in total. The Morgan fingerprint density at radius 1 is 1.45 bits per heavy atom. The molecule has 7 heteroatoms. The second-order valence-electron chi connectivity index (χ2n) is 4.82. The van der Waals surface area contributed by atoms with Gasteiger partial charge >= 0.3 is 0 Å². The smallest absolute Gasteiger partial charge is 0.280 e. The fourth-order valence-corrected chi connectivity index (χ4v) is 1.78. The predicted molar refractivity (Wildman–Crippen MR) is 73.1 cm³/mol. The van der Waals surface area contributed by atoms with Gasteiger partial charge in [0, 0.05) is 12.6 Å². The third-order valence-electron chi connectivity index (χ3n) is 3.51. The van der Waals surface area contributed by atoms with Crippen molar-refractivity contribution in [2.24, 2.45) is 5.73 Å². The summed E-state index contributed by atoms with van der Waals surface area (Å²) in [7, 11) is 0. The quantitative estimate of drug-likeness (QED) is 0.662. The summed E-state index contributed by atoms with van der Waals surface area (Å²) < 4.78 is 5.24. The van der Waals surface area contributed by atoms with Crippen LogP contribution in [0.2, 0.25) is 0 Å². The van der Waals surface area contributed by atoms with Gasteiger partial charge < -0.3 is 10.3 Å². The molecule has 2 rings (SSSR count). The average molecular weight is 276 g/mol. The summed E-state index contributed by atoms with van der Waals surface area (Å²) in [6, 6.07) is 6.30. The van der Waals surface area contributed by atoms with Crippen LogP contribution in [0.1, 0.15) is 26.2 Å². The molecule has 106 valence electrons. The van der Waals surface area contributed by atoms with Crippen LogP contribution in [0, 0.1) is 10.1 Å². The molecule has 0 saturated heterocycles. The van der Waals surface area contributed by atoms with Crippen LogP contribution < -0.4 is 5.73 Å². The Morgan fingerprint density at radius 2 is 2.15 bits per heavy atom. The molecule has 0 fully saturated rings. The average Bonchev–Trinajstić information content (AvgIpc) is 2.96. The lowest BCUT2D eigenvalue weighted by Gasteiger charge is -2.20. The van der Waals surface area contributed by atoms with Crippen LogP contribution in [0.15, 0.2) is 28.8 Å². The van der Waals surface area contributed by atoms with Gasteiger partial charge in [0.1, 0.15) is 5.56 Å². The molecule has 0 spiro atoms. The first-order valence-electron chi connectivity index (χ1n) is 6.30. The minimum absolute atomic E-state index is 0.0502. The molecule has 1 heterocycles. The number of nitro benzene ring substituents is 1. The van der Waals surface area contributed by atoms with Crippen LogP contribution in [-0.4, -0.2) is 21.6 Å². The Labute approximate surface area is 115 Å². The van der Waals surface area contributed by atoms with E-state index in [2.05, 4.69) is 10.1 Å². The maximum atomic E-state index is 11.0. The second kappa shape index (κ2) is 5.38. The summed E-state index contributed by atoms with van der Waals surface area (Å²) in [6.45, 7) is 4.26. The molecule has 0 unspecified atom stereocenters. The maximum Gasteiger partial charge on any atom is 0.280 e. The van der Waals surface area contributed by atoms with Gasteiger partial charge in [-0.05, 0) is 19.4 Å². The summed E-state index contributed by atoms with van der Waals surface area (Å²) >= 11 is 0. The van der Waals surface area contributed by atoms with Gasteiger partial charge in [0.15, 0.2) is 0 Å². The van der Waals surface area contributed by atoms with E-state index in [0.29, 0.717) is 18.0 Å². The van der Waals surface area contributed by atoms with Crippen molar-refractivity contribution in [3.8, 4) is 11.4 Å². The molecule has 20 heavy (non-hydrogen) atoms. The number of rotatable bonds is 5. The highest BCUT2D eigenvalue weighted by Gasteiger charge is 2.30. The topological polar surface area (TPSA) is 108 Å². The first-order valence-corrected chi connectivity index (χ1v) is 6.30. The van der Waals surface area contributed by atoms with E-state index in [9.17, 15) is 10.1 Å². The molecule has 0 aliphatic heterocycles. The van der Waals surface area contributed by atoms with Crippen molar-refractivity contribution in [3.63, 3.8) is 0 Å². The van der Waals surface area contributed by atoms with E-state index in [1.54, 1.807) is 18.2 Å². The highest BCUT2D eigenvalue weighted by Crippen LogP contribution is 2.30. The normalized spacial score (nSPS) is 13.9. The number of nitrogens with two attached hydrogens (primary N) is 1. The third-order valence-corrected chi connectivity index (χ3v) is 3.51. The molecule has 0 radical (unpaired) electrons. The fourth-order valence-electron chi connectivity index (χ4n) is 1.78. The first kappa shape index (κ1) is 14.1. The number of hydrogen-bond acceptors (Lipinski definition) is 6. The Balaban J connectivity index is 2.47. The predicted octanol–water partition coefficient (Wildman–Crippen LogP) is 2.27. The Hall–Kier alpha value is -2.28. The molecule has 0 bridgehead atoms. The summed E-state index contributed by atoms with van der Waals surface area (Å²) in [5, 5.41) is 14.9. The van der Waals surface area contributed by atoms with Crippen molar-refractivity contribution in [2.75, 3.05) is 6.54 Å². The molecular formula is C13H16N4O3. The van der Waals surface area contributed by atoms with Crippen molar-refractivity contribution < 1.29 is 9.45 Å². The largest absolute Gasteiger partial charge is 0.338 e. The molecule has 1 atom stereocenters. The fraction of sp³-hybridized carbons (Fsp3) is 0.385. The van der Waals surface area contributed by atoms with Crippen LogP contribution in [0.4, 0.5) is 5.69 Å². The molecule has 0 aliphatic carbocycles. The van der Waals surface area contributed by atoms with Crippen LogP contribution in [0.25, 0.3) is 11.4 Å². The summed E-state index contributed by atoms with van der Waals surface area (Å²) in [6.07, 6.45) is 0.738. The van der Waals surface area contributed by atoms with Crippen LogP contribution in [0.3, 0.4) is 0 Å². The van der Waals surface area contributed by atoms with Gasteiger partial charge in [0.2, 0.25) is 11.7 Å². The SMILES string of the molecule is CC[C@@](C)(CN)c1nc(-c2ccccc2[N+](=O)[O-])no1. The summed E-state index contributed by atoms with van der Waals surface area (Å²) in [5.41, 5.74) is 5.60. The van der Waals surface area contributed by atoms with Gasteiger partial charge in [-0.2, -0.15) is 4.98 Å². The van der Waals surface area contributed by atoms with Crippen molar-refractivity contribution in [1.82, 2.24) is 10.1 Å². The van der Waals surface area contributed by atoms with E-state index in [4.69, 9.17) is 10.3 Å². The Morgan fingerprint density at radius 3 is 2.75 bits per heavy atom. The van der Waals surface area contributed by atoms with E-state index >= 15 is 0 Å². The van der Waals surface area contributed by atoms with Crippen molar-refractivity contribution in [2.45, 2.75) is 25.7 Å². The number of aromatic nitrogens is 2. The standard InChI is InChI=1S/C13H16N4O3/c1-3-13(2,8-14)12-15-11(16-20-12)9-6-4-5-7-10(9)17(18)19/h4-7H,3,8,14H2,1-2H3/t13-/m0/s1. The van der Waals surface area contributed by atoms with E-state index in [1.165, 1.54) is 6.07 Å². The van der Waals surface area contributed by atoms with Crippen LogP contribution >= 0.6 is 0 Å². The van der Waals surface area contributed by atoms with Gasteiger partial charge in [0.05, 0.1) is 10.3 Å². The lowest BCUT2D eigenvalue weighted by Crippen LogP contribution is -2.31. The second-order valence-corrected chi connectivity index (χ2v) is 4.82. The lowest BCUT2D eigenvalue weighted by molar-refractivity contribution is -0.384. The zero-order valence-corrected chi connectivity index (χ0v) is 11.4. The van der Waals surface area contributed by atoms with Gasteiger partial charge in [-0.25, -0.2) is 0 Å². The van der Waals surface area contributed by atoms with Crippen LogP contribution in [-0.2, 0) is 5.41 Å². The van der Waals surface area contributed by atoms with Gasteiger partial charge in [-0.1, -0.05) is 24.2 Å². The minimum atomic E-state index is -0.465. The zero-order chi connectivity index (χ0) is 14.8. The first-order chi connectivity index (χ1) is 9.51. The third kappa shape index (κ3) is 2.39. The van der Waals surface area contributed by atoms with Crippen molar-refractivity contribution in [3.05, 3.63) is 40.3 Å². The number of para-hydroxylation sites is 1. The van der Waals surface area contributed by atoms with Gasteiger partial charge in [-0.3, -0.25) is 10.1 Å². The summed E-state index contributed by atoms with van der Waals surface area (Å²) in [5.74, 6) is 0.607. The Kier molecular flexibility index (Phi) is 3.80. The van der Waals surface area contributed by atoms with Gasteiger partial charge in [-0.15, -0.1) is 0 Å². The highest BCUT2D eigenvalue weighted by atomic mass is 16.6. The molecule has 2 N–H and O–H groups in total.